The Morgan fingerprint density at radius 1 is 1.47 bits per heavy atom. The van der Waals surface area contributed by atoms with E-state index in [4.69, 9.17) is 17.3 Å². The van der Waals surface area contributed by atoms with Gasteiger partial charge in [0.05, 0.1) is 11.6 Å². The first-order valence-electron chi connectivity index (χ1n) is 5.13. The number of nitrogens with zero attached hydrogens (tertiary/aromatic N) is 1. The molecular formula is C12H12ClN3O. The predicted molar refractivity (Wildman–Crippen MR) is 71.3 cm³/mol. The molecule has 4 nitrogen and oxygen atoms in total. The number of rotatable bonds is 2. The number of hydrogen-bond donors (Lipinski definition) is 2. The van der Waals surface area contributed by atoms with Crippen LogP contribution in [0.5, 0.6) is 0 Å². The minimum atomic E-state index is -0.105. The third-order valence-electron chi connectivity index (χ3n) is 2.44. The summed E-state index contributed by atoms with van der Waals surface area (Å²) in [6, 6.07) is 7.03. The monoisotopic (exact) mass is 249 g/mol. The highest BCUT2D eigenvalue weighted by Gasteiger charge is 2.01. The van der Waals surface area contributed by atoms with Crippen LogP contribution in [0.15, 0.2) is 34.1 Å². The molecule has 0 aliphatic carbocycles. The van der Waals surface area contributed by atoms with Crippen molar-refractivity contribution in [2.45, 2.75) is 6.92 Å². The van der Waals surface area contributed by atoms with Gasteiger partial charge in [-0.05, 0) is 30.7 Å². The summed E-state index contributed by atoms with van der Waals surface area (Å²) in [5, 5.41) is 0.952. The van der Waals surface area contributed by atoms with Crippen LogP contribution in [-0.4, -0.2) is 16.7 Å². The first-order valence-corrected chi connectivity index (χ1v) is 5.66. The summed E-state index contributed by atoms with van der Waals surface area (Å²) in [5.41, 5.74) is 7.89. The second-order valence-electron chi connectivity index (χ2n) is 3.78. The number of aromatic amines is 1. The summed E-state index contributed by atoms with van der Waals surface area (Å²) in [7, 11) is 0. The van der Waals surface area contributed by atoms with Gasteiger partial charge >= 0.3 is 0 Å². The fraction of sp³-hybridized carbons (Fsp3) is 0.167. The normalized spacial score (nSPS) is 12.0. The van der Waals surface area contributed by atoms with Crippen LogP contribution in [0.1, 0.15) is 5.56 Å². The van der Waals surface area contributed by atoms with Crippen LogP contribution in [0.25, 0.3) is 10.9 Å². The lowest BCUT2D eigenvalue weighted by atomic mass is 10.1. The van der Waals surface area contributed by atoms with Gasteiger partial charge in [-0.15, -0.1) is 11.6 Å². The maximum absolute atomic E-state index is 11.3. The van der Waals surface area contributed by atoms with E-state index in [0.29, 0.717) is 5.84 Å². The molecule has 3 N–H and O–H groups in total. The highest BCUT2D eigenvalue weighted by atomic mass is 35.5. The number of nitrogens with one attached hydrogen (secondary N) is 1. The second-order valence-corrected chi connectivity index (χ2v) is 4.05. The molecule has 0 fully saturated rings. The molecule has 5 heteroatoms. The topological polar surface area (TPSA) is 71.2 Å². The Hall–Kier alpha value is -1.81. The van der Waals surface area contributed by atoms with Crippen molar-refractivity contribution >= 4 is 34.0 Å². The Balaban J connectivity index is 2.62. The maximum atomic E-state index is 11.3. The van der Waals surface area contributed by atoms with Crippen LogP contribution in [-0.2, 0) is 0 Å². The quantitative estimate of drug-likeness (QED) is 0.486. The van der Waals surface area contributed by atoms with Crippen molar-refractivity contribution in [1.29, 1.82) is 0 Å². The molecule has 2 aromatic rings. The zero-order valence-electron chi connectivity index (χ0n) is 9.33. The van der Waals surface area contributed by atoms with E-state index in [2.05, 4.69) is 9.98 Å². The van der Waals surface area contributed by atoms with E-state index in [1.54, 1.807) is 12.1 Å². The zero-order valence-corrected chi connectivity index (χ0v) is 10.1. The van der Waals surface area contributed by atoms with Crippen LogP contribution in [0.3, 0.4) is 0 Å². The number of halogens is 1. The molecule has 88 valence electrons. The van der Waals surface area contributed by atoms with E-state index in [1.807, 2.05) is 19.1 Å². The summed E-state index contributed by atoms with van der Waals surface area (Å²) < 4.78 is 0. The summed E-state index contributed by atoms with van der Waals surface area (Å²) >= 11 is 5.57. The van der Waals surface area contributed by atoms with Crippen molar-refractivity contribution in [2.24, 2.45) is 10.7 Å². The van der Waals surface area contributed by atoms with E-state index in [0.717, 1.165) is 22.2 Å². The third-order valence-corrected chi connectivity index (χ3v) is 2.72. The van der Waals surface area contributed by atoms with Gasteiger partial charge < -0.3 is 10.7 Å². The molecule has 2 rings (SSSR count). The van der Waals surface area contributed by atoms with Gasteiger partial charge in [0, 0.05) is 17.0 Å². The van der Waals surface area contributed by atoms with Crippen LogP contribution in [0.2, 0.25) is 0 Å². The predicted octanol–water partition coefficient (Wildman–Crippen LogP) is 2.06. The first kappa shape index (κ1) is 11.7. The van der Waals surface area contributed by atoms with Crippen molar-refractivity contribution in [3.8, 4) is 0 Å². The number of hydrogen-bond acceptors (Lipinski definition) is 2. The smallest absolute Gasteiger partial charge is 0.248 e. The molecule has 0 radical (unpaired) electrons. The van der Waals surface area contributed by atoms with Crippen molar-refractivity contribution in [2.75, 3.05) is 5.88 Å². The van der Waals surface area contributed by atoms with Crippen LogP contribution in [0.4, 0.5) is 5.69 Å². The van der Waals surface area contributed by atoms with Crippen molar-refractivity contribution in [1.82, 2.24) is 4.98 Å². The fourth-order valence-corrected chi connectivity index (χ4v) is 1.74. The highest BCUT2D eigenvalue weighted by molar-refractivity contribution is 6.28. The van der Waals surface area contributed by atoms with Crippen LogP contribution in [0, 0.1) is 6.92 Å². The number of aliphatic imine (C=N–C) groups is 1. The Labute approximate surface area is 103 Å². The van der Waals surface area contributed by atoms with Gasteiger partial charge in [-0.3, -0.25) is 4.79 Å². The lowest BCUT2D eigenvalue weighted by molar-refractivity contribution is 1.27. The lowest BCUT2D eigenvalue weighted by Gasteiger charge is -2.03. The Bertz CT molecular complexity index is 646. The SMILES string of the molecule is Cc1cc(=O)[nH]c2ccc(N=C(N)CCl)cc12. The van der Waals surface area contributed by atoms with E-state index in [1.165, 1.54) is 0 Å². The van der Waals surface area contributed by atoms with Gasteiger partial charge in [0.1, 0.15) is 5.84 Å². The molecule has 0 amide bonds. The van der Waals surface area contributed by atoms with Gasteiger partial charge in [0.2, 0.25) is 5.56 Å². The molecule has 0 aliphatic rings. The van der Waals surface area contributed by atoms with E-state index >= 15 is 0 Å². The zero-order chi connectivity index (χ0) is 12.4. The average Bonchev–Trinajstić information content (AvgIpc) is 2.29. The van der Waals surface area contributed by atoms with Gasteiger partial charge in [-0.2, -0.15) is 0 Å². The van der Waals surface area contributed by atoms with Crippen molar-refractivity contribution in [3.63, 3.8) is 0 Å². The highest BCUT2D eigenvalue weighted by Crippen LogP contribution is 2.21. The van der Waals surface area contributed by atoms with Crippen LogP contribution >= 0.6 is 11.6 Å². The largest absolute Gasteiger partial charge is 0.386 e. The minimum absolute atomic E-state index is 0.105. The standard InChI is InChI=1S/C12H12ClN3O/c1-7-4-12(17)16-10-3-2-8(5-9(7)10)15-11(14)6-13/h2-5H,6H2,1H3,(H2,14,15)(H,16,17). The van der Waals surface area contributed by atoms with Crippen molar-refractivity contribution < 1.29 is 0 Å². The summed E-state index contributed by atoms with van der Waals surface area (Å²) in [4.78, 5) is 18.2. The average molecular weight is 250 g/mol. The van der Waals surface area contributed by atoms with Crippen LogP contribution < -0.4 is 11.3 Å². The summed E-state index contributed by atoms with van der Waals surface area (Å²) in [6.45, 7) is 1.88. The molecule has 0 unspecified atom stereocenters. The Morgan fingerprint density at radius 3 is 2.94 bits per heavy atom. The van der Waals surface area contributed by atoms with Gasteiger partial charge in [0.25, 0.3) is 0 Å². The maximum Gasteiger partial charge on any atom is 0.248 e. The number of aryl methyl sites for hydroxylation is 1. The van der Waals surface area contributed by atoms with E-state index in [9.17, 15) is 4.79 Å². The molecule has 0 atom stereocenters. The summed E-state index contributed by atoms with van der Waals surface area (Å²) in [5.74, 6) is 0.566. The summed E-state index contributed by atoms with van der Waals surface area (Å²) in [6.07, 6.45) is 0. The van der Waals surface area contributed by atoms with Gasteiger partial charge in [-0.25, -0.2) is 4.99 Å². The number of benzene rings is 1. The number of H-pyrrole nitrogens is 1. The van der Waals surface area contributed by atoms with E-state index < -0.39 is 0 Å². The number of amidine groups is 1. The first-order chi connectivity index (χ1) is 8.10. The molecule has 1 aromatic carbocycles. The lowest BCUT2D eigenvalue weighted by Crippen LogP contribution is -2.12. The van der Waals surface area contributed by atoms with E-state index in [-0.39, 0.29) is 11.4 Å². The Kier molecular flexibility index (Phi) is 3.15. The van der Waals surface area contributed by atoms with Crippen molar-refractivity contribution in [3.05, 3.63) is 40.2 Å². The molecule has 17 heavy (non-hydrogen) atoms. The van der Waals surface area contributed by atoms with Gasteiger partial charge in [0.15, 0.2) is 0 Å². The number of fused-ring (bicyclic) bond motifs is 1. The Morgan fingerprint density at radius 2 is 2.24 bits per heavy atom. The molecule has 0 aliphatic heterocycles. The molecule has 0 spiro atoms. The number of pyridine rings is 1. The number of aromatic nitrogens is 1. The molecule has 0 saturated heterocycles. The molecule has 0 saturated carbocycles. The molecule has 1 heterocycles. The molecular weight excluding hydrogens is 238 g/mol. The minimum Gasteiger partial charge on any atom is -0.386 e. The van der Waals surface area contributed by atoms with Gasteiger partial charge in [-0.1, -0.05) is 0 Å². The molecule has 1 aromatic heterocycles. The second kappa shape index (κ2) is 4.59. The molecule has 0 bridgehead atoms. The number of alkyl halides is 1. The number of nitrogens with two attached hydrogens (primary N) is 1. The fourth-order valence-electron chi connectivity index (χ4n) is 1.68. The third kappa shape index (κ3) is 2.47.